The summed E-state index contributed by atoms with van der Waals surface area (Å²) < 4.78 is 11.0. The zero-order valence-electron chi connectivity index (χ0n) is 14.3. The lowest BCUT2D eigenvalue weighted by Gasteiger charge is -2.10. The second-order valence-corrected chi connectivity index (χ2v) is 5.52. The van der Waals surface area contributed by atoms with Crippen LogP contribution in [0.4, 0.5) is 5.69 Å². The maximum absolute atomic E-state index is 12.0. The Kier molecular flexibility index (Phi) is 6.43. The van der Waals surface area contributed by atoms with Crippen LogP contribution >= 0.6 is 0 Å². The van der Waals surface area contributed by atoms with Crippen molar-refractivity contribution in [3.63, 3.8) is 0 Å². The van der Waals surface area contributed by atoms with Gasteiger partial charge in [0.15, 0.2) is 0 Å². The highest BCUT2D eigenvalue weighted by atomic mass is 16.5. The van der Waals surface area contributed by atoms with Gasteiger partial charge in [0.25, 0.3) is 0 Å². The average molecular weight is 325 g/mol. The normalized spacial score (nSPS) is 10.8. The molecule has 0 saturated heterocycles. The molecule has 1 N–H and O–H groups in total. The SMILES string of the molecule is CCOc1ccc(C=CC(=O)Nc2ccc(OC(C)C)cc2)cc1. The van der Waals surface area contributed by atoms with Crippen LogP contribution in [0.2, 0.25) is 0 Å². The van der Waals surface area contributed by atoms with Crippen LogP contribution in [0.5, 0.6) is 11.5 Å². The molecule has 24 heavy (non-hydrogen) atoms. The Bertz CT molecular complexity index is 673. The van der Waals surface area contributed by atoms with Crippen LogP contribution in [-0.2, 0) is 4.79 Å². The minimum atomic E-state index is -0.179. The molecular weight excluding hydrogens is 302 g/mol. The van der Waals surface area contributed by atoms with Crippen molar-refractivity contribution in [1.29, 1.82) is 0 Å². The molecule has 2 aromatic rings. The predicted octanol–water partition coefficient (Wildman–Crippen LogP) is 4.52. The third kappa shape index (κ3) is 5.80. The molecule has 0 aliphatic heterocycles. The quantitative estimate of drug-likeness (QED) is 0.761. The van der Waals surface area contributed by atoms with Gasteiger partial charge in [0.05, 0.1) is 12.7 Å². The summed E-state index contributed by atoms with van der Waals surface area (Å²) in [7, 11) is 0. The number of hydrogen-bond acceptors (Lipinski definition) is 3. The highest BCUT2D eigenvalue weighted by molar-refractivity contribution is 6.01. The van der Waals surface area contributed by atoms with E-state index in [-0.39, 0.29) is 12.0 Å². The molecule has 126 valence electrons. The number of carbonyl (C=O) groups is 1. The second kappa shape index (κ2) is 8.77. The molecule has 0 aliphatic rings. The van der Waals surface area contributed by atoms with E-state index in [1.54, 1.807) is 6.08 Å². The van der Waals surface area contributed by atoms with E-state index in [0.717, 1.165) is 22.7 Å². The van der Waals surface area contributed by atoms with Crippen molar-refractivity contribution in [2.24, 2.45) is 0 Å². The zero-order valence-corrected chi connectivity index (χ0v) is 14.3. The number of benzene rings is 2. The first kappa shape index (κ1) is 17.6. The van der Waals surface area contributed by atoms with Crippen molar-refractivity contribution in [2.45, 2.75) is 26.9 Å². The number of nitrogens with one attached hydrogen (secondary N) is 1. The first-order chi connectivity index (χ1) is 11.6. The van der Waals surface area contributed by atoms with Crippen molar-refractivity contribution in [3.05, 3.63) is 60.2 Å². The number of anilines is 1. The molecule has 0 fully saturated rings. The minimum absolute atomic E-state index is 0.127. The van der Waals surface area contributed by atoms with Crippen LogP contribution in [0.15, 0.2) is 54.6 Å². The van der Waals surface area contributed by atoms with Gasteiger partial charge in [-0.1, -0.05) is 12.1 Å². The highest BCUT2D eigenvalue weighted by Gasteiger charge is 2.01. The molecule has 0 spiro atoms. The summed E-state index contributed by atoms with van der Waals surface area (Å²) in [5.74, 6) is 1.43. The average Bonchev–Trinajstić information content (AvgIpc) is 2.56. The highest BCUT2D eigenvalue weighted by Crippen LogP contribution is 2.17. The van der Waals surface area contributed by atoms with E-state index in [9.17, 15) is 4.79 Å². The van der Waals surface area contributed by atoms with Gasteiger partial charge in [-0.15, -0.1) is 0 Å². The van der Waals surface area contributed by atoms with Gasteiger partial charge >= 0.3 is 0 Å². The van der Waals surface area contributed by atoms with Crippen LogP contribution in [0, 0.1) is 0 Å². The fourth-order valence-electron chi connectivity index (χ4n) is 2.09. The third-order valence-electron chi connectivity index (χ3n) is 3.11. The third-order valence-corrected chi connectivity index (χ3v) is 3.11. The molecule has 2 aromatic carbocycles. The fraction of sp³-hybridized carbons (Fsp3) is 0.250. The van der Waals surface area contributed by atoms with Crippen LogP contribution < -0.4 is 14.8 Å². The van der Waals surface area contributed by atoms with Gasteiger partial charge in [0.1, 0.15) is 11.5 Å². The largest absolute Gasteiger partial charge is 0.494 e. The standard InChI is InChI=1S/C20H23NO3/c1-4-23-18-10-5-16(6-11-18)7-14-20(22)21-17-8-12-19(13-9-17)24-15(2)3/h5-15H,4H2,1-3H3,(H,21,22). The van der Waals surface area contributed by atoms with E-state index in [1.165, 1.54) is 6.08 Å². The first-order valence-corrected chi connectivity index (χ1v) is 8.05. The molecule has 2 rings (SSSR count). The van der Waals surface area contributed by atoms with Crippen LogP contribution in [-0.4, -0.2) is 18.6 Å². The van der Waals surface area contributed by atoms with Crippen molar-refractivity contribution in [2.75, 3.05) is 11.9 Å². The number of carbonyl (C=O) groups excluding carboxylic acids is 1. The number of rotatable bonds is 7. The lowest BCUT2D eigenvalue weighted by molar-refractivity contribution is -0.111. The Hall–Kier alpha value is -2.75. The molecule has 4 nitrogen and oxygen atoms in total. The van der Waals surface area contributed by atoms with Crippen molar-refractivity contribution in [3.8, 4) is 11.5 Å². The Balaban J connectivity index is 1.90. The van der Waals surface area contributed by atoms with E-state index in [2.05, 4.69) is 5.32 Å². The van der Waals surface area contributed by atoms with Crippen molar-refractivity contribution in [1.82, 2.24) is 0 Å². The number of ether oxygens (including phenoxy) is 2. The predicted molar refractivity (Wildman–Crippen MR) is 97.5 cm³/mol. The molecule has 4 heteroatoms. The van der Waals surface area contributed by atoms with Gasteiger partial charge in [-0.2, -0.15) is 0 Å². The summed E-state index contributed by atoms with van der Waals surface area (Å²) in [4.78, 5) is 12.0. The van der Waals surface area contributed by atoms with Gasteiger partial charge in [-0.05, 0) is 68.8 Å². The van der Waals surface area contributed by atoms with Gasteiger partial charge in [0, 0.05) is 11.8 Å². The maximum Gasteiger partial charge on any atom is 0.248 e. The summed E-state index contributed by atoms with van der Waals surface area (Å²) in [5.41, 5.74) is 1.67. The second-order valence-electron chi connectivity index (χ2n) is 5.52. The Morgan fingerprint density at radius 1 is 1.04 bits per heavy atom. The minimum Gasteiger partial charge on any atom is -0.494 e. The van der Waals surface area contributed by atoms with Crippen LogP contribution in [0.3, 0.4) is 0 Å². The topological polar surface area (TPSA) is 47.6 Å². The van der Waals surface area contributed by atoms with E-state index in [4.69, 9.17) is 9.47 Å². The van der Waals surface area contributed by atoms with Crippen molar-refractivity contribution < 1.29 is 14.3 Å². The molecule has 1 amide bonds. The maximum atomic E-state index is 12.0. The molecule has 0 aromatic heterocycles. The summed E-state index contributed by atoms with van der Waals surface area (Å²) in [5, 5.41) is 2.82. The Labute approximate surface area is 143 Å². The monoisotopic (exact) mass is 325 g/mol. The fourth-order valence-corrected chi connectivity index (χ4v) is 2.09. The molecule has 0 heterocycles. The summed E-state index contributed by atoms with van der Waals surface area (Å²) in [6.45, 7) is 6.53. The summed E-state index contributed by atoms with van der Waals surface area (Å²) in [6, 6.07) is 14.9. The van der Waals surface area contributed by atoms with E-state index < -0.39 is 0 Å². The van der Waals surface area contributed by atoms with E-state index >= 15 is 0 Å². The van der Waals surface area contributed by atoms with Crippen LogP contribution in [0.25, 0.3) is 6.08 Å². The lowest BCUT2D eigenvalue weighted by Crippen LogP contribution is -2.08. The molecule has 0 atom stereocenters. The molecular formula is C20H23NO3. The number of amides is 1. The Morgan fingerprint density at radius 3 is 2.25 bits per heavy atom. The molecule has 0 bridgehead atoms. The summed E-state index contributed by atoms with van der Waals surface area (Å²) in [6.07, 6.45) is 3.40. The molecule has 0 saturated carbocycles. The van der Waals surface area contributed by atoms with Gasteiger partial charge in [0.2, 0.25) is 5.91 Å². The summed E-state index contributed by atoms with van der Waals surface area (Å²) >= 11 is 0. The molecule has 0 aliphatic carbocycles. The van der Waals surface area contributed by atoms with Gasteiger partial charge in [-0.3, -0.25) is 4.79 Å². The van der Waals surface area contributed by atoms with Crippen LogP contribution in [0.1, 0.15) is 26.3 Å². The zero-order chi connectivity index (χ0) is 17.4. The molecule has 0 radical (unpaired) electrons. The lowest BCUT2D eigenvalue weighted by atomic mass is 10.2. The van der Waals surface area contributed by atoms with E-state index in [1.807, 2.05) is 69.3 Å². The number of hydrogen-bond donors (Lipinski definition) is 1. The van der Waals surface area contributed by atoms with Crippen molar-refractivity contribution >= 4 is 17.7 Å². The molecule has 0 unspecified atom stereocenters. The smallest absolute Gasteiger partial charge is 0.248 e. The first-order valence-electron chi connectivity index (χ1n) is 8.05. The van der Waals surface area contributed by atoms with Gasteiger partial charge < -0.3 is 14.8 Å². The Morgan fingerprint density at radius 2 is 1.67 bits per heavy atom. The van der Waals surface area contributed by atoms with E-state index in [0.29, 0.717) is 6.61 Å². The van der Waals surface area contributed by atoms with Gasteiger partial charge in [-0.25, -0.2) is 0 Å².